The fourth-order valence-electron chi connectivity index (χ4n) is 6.30. The highest BCUT2D eigenvalue weighted by molar-refractivity contribution is 6.38. The van der Waals surface area contributed by atoms with Gasteiger partial charge in [0.1, 0.15) is 11.2 Å². The number of fused-ring (bicyclic) bond motifs is 6. The van der Waals surface area contributed by atoms with Crippen LogP contribution in [0.3, 0.4) is 0 Å². The van der Waals surface area contributed by atoms with Crippen LogP contribution in [0.1, 0.15) is 0 Å². The second-order valence-electron chi connectivity index (χ2n) is 10.2. The van der Waals surface area contributed by atoms with Crippen molar-refractivity contribution in [3.63, 3.8) is 0 Å². The zero-order chi connectivity index (χ0) is 25.5. The monoisotopic (exact) mass is 496 g/mol. The van der Waals surface area contributed by atoms with E-state index >= 15 is 0 Å². The minimum absolute atomic E-state index is 0.694. The molecule has 0 N–H and O–H groups in total. The quantitative estimate of drug-likeness (QED) is 0.224. The summed E-state index contributed by atoms with van der Waals surface area (Å²) >= 11 is 0. The van der Waals surface area contributed by atoms with Crippen molar-refractivity contribution in [1.29, 1.82) is 0 Å². The van der Waals surface area contributed by atoms with E-state index in [1.807, 2.05) is 18.2 Å². The molecule has 0 unspecified atom stereocenters. The molecule has 9 rings (SSSR count). The predicted octanol–water partition coefficient (Wildman–Crippen LogP) is 9.76. The first-order valence-electron chi connectivity index (χ1n) is 13.2. The van der Waals surface area contributed by atoms with Crippen LogP contribution in [0.15, 0.2) is 126 Å². The highest BCUT2D eigenvalue weighted by Gasteiger charge is 2.21. The van der Waals surface area contributed by atoms with E-state index in [1.165, 1.54) is 32.3 Å². The number of hydrogen-bond donors (Lipinski definition) is 0. The smallest absolute Gasteiger partial charge is 0.160 e. The van der Waals surface area contributed by atoms with Crippen molar-refractivity contribution in [1.82, 2.24) is 9.97 Å². The summed E-state index contributed by atoms with van der Waals surface area (Å²) in [4.78, 5) is 10.2. The van der Waals surface area contributed by atoms with Crippen LogP contribution in [0.5, 0.6) is 0 Å². The van der Waals surface area contributed by atoms with Crippen molar-refractivity contribution in [2.24, 2.45) is 0 Å². The number of hydrogen-bond acceptors (Lipinski definition) is 3. The molecule has 0 saturated carbocycles. The summed E-state index contributed by atoms with van der Waals surface area (Å²) in [6.45, 7) is 0. The molecule has 0 amide bonds. The maximum atomic E-state index is 6.60. The van der Waals surface area contributed by atoms with E-state index in [-0.39, 0.29) is 0 Å². The number of rotatable bonds is 2. The Labute approximate surface area is 223 Å². The number of benzene rings is 7. The van der Waals surface area contributed by atoms with E-state index in [0.717, 1.165) is 49.7 Å². The molecular weight excluding hydrogens is 476 g/mol. The van der Waals surface area contributed by atoms with E-state index in [0.29, 0.717) is 5.82 Å². The minimum Gasteiger partial charge on any atom is -0.456 e. The normalized spacial score (nSPS) is 12.1. The van der Waals surface area contributed by atoms with Crippen LogP contribution >= 0.6 is 0 Å². The van der Waals surface area contributed by atoms with Crippen molar-refractivity contribution in [3.05, 3.63) is 121 Å². The molecule has 0 bridgehead atoms. The standard InChI is InChI=1S/C36H20N2O/c1-2-10-21(11-3-1)35-27-16-8-9-17-29(27)37-36(38-35)23-18-28-25-14-6-7-15-26(25)32-24-13-5-4-12-22(24)19-31-34(32)33(28)30(20-23)39-31/h1-20H. The lowest BCUT2D eigenvalue weighted by Gasteiger charge is -2.12. The zero-order valence-corrected chi connectivity index (χ0v) is 20.8. The Balaban J connectivity index is 1.43. The maximum absolute atomic E-state index is 6.60. The van der Waals surface area contributed by atoms with E-state index in [9.17, 15) is 0 Å². The molecule has 3 heteroatoms. The lowest BCUT2D eigenvalue weighted by molar-refractivity contribution is 0.670. The van der Waals surface area contributed by atoms with Gasteiger partial charge in [-0.3, -0.25) is 0 Å². The lowest BCUT2D eigenvalue weighted by Crippen LogP contribution is -1.95. The minimum atomic E-state index is 0.694. The molecule has 0 aliphatic rings. The Hall–Kier alpha value is -5.28. The van der Waals surface area contributed by atoms with Gasteiger partial charge in [-0.25, -0.2) is 9.97 Å². The van der Waals surface area contributed by atoms with Crippen LogP contribution in [-0.4, -0.2) is 9.97 Å². The van der Waals surface area contributed by atoms with Gasteiger partial charge in [-0.05, 0) is 51.2 Å². The average molecular weight is 497 g/mol. The molecule has 0 aliphatic heterocycles. The van der Waals surface area contributed by atoms with Crippen LogP contribution < -0.4 is 0 Å². The second-order valence-corrected chi connectivity index (χ2v) is 10.2. The number of furan rings is 1. The van der Waals surface area contributed by atoms with Crippen molar-refractivity contribution < 1.29 is 4.42 Å². The van der Waals surface area contributed by atoms with E-state index in [1.54, 1.807) is 0 Å². The molecular formula is C36H20N2O. The lowest BCUT2D eigenvalue weighted by atomic mass is 9.90. The first-order valence-corrected chi connectivity index (χ1v) is 13.2. The molecule has 2 heterocycles. The van der Waals surface area contributed by atoms with Gasteiger partial charge in [-0.2, -0.15) is 0 Å². The van der Waals surface area contributed by atoms with Crippen molar-refractivity contribution in [2.45, 2.75) is 0 Å². The Morgan fingerprint density at radius 1 is 0.436 bits per heavy atom. The first-order chi connectivity index (χ1) is 19.3. The van der Waals surface area contributed by atoms with Crippen LogP contribution in [0.2, 0.25) is 0 Å². The fourth-order valence-corrected chi connectivity index (χ4v) is 6.30. The number of aromatic nitrogens is 2. The Kier molecular flexibility index (Phi) is 4.05. The predicted molar refractivity (Wildman–Crippen MR) is 161 cm³/mol. The summed E-state index contributed by atoms with van der Waals surface area (Å²) in [6, 6.07) is 42.4. The van der Waals surface area contributed by atoms with Gasteiger partial charge in [0.2, 0.25) is 0 Å². The molecule has 180 valence electrons. The largest absolute Gasteiger partial charge is 0.456 e. The topological polar surface area (TPSA) is 38.9 Å². The number of nitrogens with zero attached hydrogens (tertiary/aromatic N) is 2. The highest BCUT2D eigenvalue weighted by atomic mass is 16.3. The van der Waals surface area contributed by atoms with E-state index < -0.39 is 0 Å². The van der Waals surface area contributed by atoms with Gasteiger partial charge in [0, 0.05) is 32.7 Å². The molecule has 0 saturated heterocycles. The summed E-state index contributed by atoms with van der Waals surface area (Å²) in [7, 11) is 0. The molecule has 0 aliphatic carbocycles. The van der Waals surface area contributed by atoms with Gasteiger partial charge < -0.3 is 4.42 Å². The molecule has 0 spiro atoms. The Morgan fingerprint density at radius 2 is 1.13 bits per heavy atom. The molecule has 9 aromatic rings. The summed E-state index contributed by atoms with van der Waals surface area (Å²) < 4.78 is 6.60. The third kappa shape index (κ3) is 2.87. The van der Waals surface area contributed by atoms with Crippen LogP contribution in [-0.2, 0) is 0 Å². The Bertz CT molecular complexity index is 2390. The van der Waals surface area contributed by atoms with Gasteiger partial charge in [0.05, 0.1) is 11.2 Å². The van der Waals surface area contributed by atoms with E-state index in [4.69, 9.17) is 14.4 Å². The maximum Gasteiger partial charge on any atom is 0.160 e. The third-order valence-electron chi connectivity index (χ3n) is 7.98. The van der Waals surface area contributed by atoms with Crippen molar-refractivity contribution in [2.75, 3.05) is 0 Å². The Morgan fingerprint density at radius 3 is 2.00 bits per heavy atom. The first kappa shape index (κ1) is 20.7. The second kappa shape index (κ2) is 7.62. The summed E-state index contributed by atoms with van der Waals surface area (Å²) in [5, 5.41) is 10.7. The SMILES string of the molecule is c1ccc(-c2nc(-c3cc4oc5cc6ccccc6c6c7ccccc7c(c3)c4c56)nc3ccccc23)cc1. The molecule has 7 aromatic carbocycles. The summed E-state index contributed by atoms with van der Waals surface area (Å²) in [5.74, 6) is 0.694. The highest BCUT2D eigenvalue weighted by Crippen LogP contribution is 2.46. The molecule has 0 atom stereocenters. The van der Waals surface area contributed by atoms with Gasteiger partial charge in [-0.15, -0.1) is 0 Å². The fraction of sp³-hybridized carbons (Fsp3) is 0. The van der Waals surface area contributed by atoms with Crippen LogP contribution in [0.25, 0.3) is 87.8 Å². The number of para-hydroxylation sites is 1. The van der Waals surface area contributed by atoms with Gasteiger partial charge in [0.15, 0.2) is 5.82 Å². The van der Waals surface area contributed by atoms with Gasteiger partial charge in [-0.1, -0.05) is 97.1 Å². The average Bonchev–Trinajstić information content (AvgIpc) is 3.37. The van der Waals surface area contributed by atoms with Crippen molar-refractivity contribution in [3.8, 4) is 22.6 Å². The van der Waals surface area contributed by atoms with Gasteiger partial charge >= 0.3 is 0 Å². The molecule has 3 nitrogen and oxygen atoms in total. The molecule has 0 radical (unpaired) electrons. The molecule has 39 heavy (non-hydrogen) atoms. The van der Waals surface area contributed by atoms with Gasteiger partial charge in [0.25, 0.3) is 0 Å². The van der Waals surface area contributed by atoms with Crippen LogP contribution in [0.4, 0.5) is 0 Å². The van der Waals surface area contributed by atoms with E-state index in [2.05, 4.69) is 103 Å². The van der Waals surface area contributed by atoms with Crippen molar-refractivity contribution >= 4 is 65.2 Å². The van der Waals surface area contributed by atoms with Crippen LogP contribution in [0, 0.1) is 0 Å². The summed E-state index contributed by atoms with van der Waals surface area (Å²) in [5.41, 5.74) is 5.65. The molecule has 2 aromatic heterocycles. The third-order valence-corrected chi connectivity index (χ3v) is 7.98. The summed E-state index contributed by atoms with van der Waals surface area (Å²) in [6.07, 6.45) is 0. The molecule has 0 fully saturated rings. The zero-order valence-electron chi connectivity index (χ0n) is 20.8.